The third kappa shape index (κ3) is 3.26. The quantitative estimate of drug-likeness (QED) is 0.715. The maximum atomic E-state index is 12.7. The SMILES string of the molecule is COc1cc(S(=O)(=O)N2C[C@@H](C)O[C@H](C)C2)ccc1I. The summed E-state index contributed by atoms with van der Waals surface area (Å²) < 4.78 is 38.5. The van der Waals surface area contributed by atoms with Crippen molar-refractivity contribution in [3.63, 3.8) is 0 Å². The lowest BCUT2D eigenvalue weighted by molar-refractivity contribution is -0.0440. The van der Waals surface area contributed by atoms with Crippen molar-refractivity contribution in [2.45, 2.75) is 31.0 Å². The van der Waals surface area contributed by atoms with Crippen LogP contribution in [0.1, 0.15) is 13.8 Å². The Kier molecular flexibility index (Phi) is 4.93. The molecule has 2 atom stereocenters. The number of morpholine rings is 1. The maximum absolute atomic E-state index is 12.7. The van der Waals surface area contributed by atoms with Crippen molar-refractivity contribution in [2.24, 2.45) is 0 Å². The average molecular weight is 411 g/mol. The van der Waals surface area contributed by atoms with Gasteiger partial charge in [0.25, 0.3) is 0 Å². The highest BCUT2D eigenvalue weighted by Crippen LogP contribution is 2.27. The first kappa shape index (κ1) is 16.0. The van der Waals surface area contributed by atoms with Crippen LogP contribution in [0.3, 0.4) is 0 Å². The van der Waals surface area contributed by atoms with Crippen molar-refractivity contribution in [3.05, 3.63) is 21.8 Å². The molecule has 1 saturated heterocycles. The molecule has 0 saturated carbocycles. The van der Waals surface area contributed by atoms with Gasteiger partial charge < -0.3 is 9.47 Å². The lowest BCUT2D eigenvalue weighted by Gasteiger charge is -2.34. The van der Waals surface area contributed by atoms with E-state index in [1.807, 2.05) is 13.8 Å². The summed E-state index contributed by atoms with van der Waals surface area (Å²) in [6, 6.07) is 4.94. The smallest absolute Gasteiger partial charge is 0.243 e. The Morgan fingerprint density at radius 2 is 1.90 bits per heavy atom. The number of ether oxygens (including phenoxy) is 2. The summed E-state index contributed by atoms with van der Waals surface area (Å²) in [5, 5.41) is 0. The highest BCUT2D eigenvalue weighted by atomic mass is 127. The van der Waals surface area contributed by atoms with Gasteiger partial charge >= 0.3 is 0 Å². The lowest BCUT2D eigenvalue weighted by atomic mass is 10.3. The third-order valence-corrected chi connectivity index (χ3v) is 5.87. The first-order valence-corrected chi connectivity index (χ1v) is 8.85. The maximum Gasteiger partial charge on any atom is 0.243 e. The molecule has 0 amide bonds. The Balaban J connectivity index is 2.34. The summed E-state index contributed by atoms with van der Waals surface area (Å²) in [6.07, 6.45) is -0.196. The molecule has 0 spiro atoms. The molecule has 112 valence electrons. The number of methoxy groups -OCH3 is 1. The zero-order valence-corrected chi connectivity index (χ0v) is 14.6. The molecule has 1 aromatic carbocycles. The van der Waals surface area contributed by atoms with Gasteiger partial charge in [-0.15, -0.1) is 0 Å². The van der Waals surface area contributed by atoms with Crippen LogP contribution < -0.4 is 4.74 Å². The molecule has 2 rings (SSSR count). The molecule has 0 radical (unpaired) electrons. The fourth-order valence-corrected chi connectivity index (χ4v) is 4.44. The minimum atomic E-state index is -3.51. The minimum Gasteiger partial charge on any atom is -0.496 e. The zero-order chi connectivity index (χ0) is 14.9. The summed E-state index contributed by atoms with van der Waals surface area (Å²) in [7, 11) is -1.97. The second kappa shape index (κ2) is 6.17. The molecule has 1 aliphatic rings. The second-order valence-electron chi connectivity index (χ2n) is 4.88. The Labute approximate surface area is 133 Å². The highest BCUT2D eigenvalue weighted by molar-refractivity contribution is 14.1. The Morgan fingerprint density at radius 1 is 1.30 bits per heavy atom. The zero-order valence-electron chi connectivity index (χ0n) is 11.7. The molecule has 1 aliphatic heterocycles. The van der Waals surface area contributed by atoms with Gasteiger partial charge in [0.2, 0.25) is 10.0 Å². The predicted octanol–water partition coefficient (Wildman–Crippen LogP) is 2.10. The minimum absolute atomic E-state index is 0.0979. The van der Waals surface area contributed by atoms with Crippen LogP contribution in [0.25, 0.3) is 0 Å². The van der Waals surface area contributed by atoms with E-state index >= 15 is 0 Å². The fourth-order valence-electron chi connectivity index (χ4n) is 2.28. The van der Waals surface area contributed by atoms with Crippen molar-refractivity contribution in [1.82, 2.24) is 4.31 Å². The molecule has 1 fully saturated rings. The lowest BCUT2D eigenvalue weighted by Crippen LogP contribution is -2.48. The molecule has 0 aromatic heterocycles. The summed E-state index contributed by atoms with van der Waals surface area (Å²) >= 11 is 2.11. The Bertz CT molecular complexity index is 580. The summed E-state index contributed by atoms with van der Waals surface area (Å²) in [5.74, 6) is 0.570. The van der Waals surface area contributed by atoms with Crippen LogP contribution in [0.5, 0.6) is 5.75 Å². The summed E-state index contributed by atoms with van der Waals surface area (Å²) in [4.78, 5) is 0.260. The van der Waals surface area contributed by atoms with E-state index in [0.29, 0.717) is 18.8 Å². The molecule has 0 bridgehead atoms. The second-order valence-corrected chi connectivity index (χ2v) is 7.98. The Hall–Kier alpha value is -0.380. The van der Waals surface area contributed by atoms with Crippen LogP contribution in [0.2, 0.25) is 0 Å². The van der Waals surface area contributed by atoms with E-state index in [0.717, 1.165) is 3.57 Å². The number of nitrogens with zero attached hydrogens (tertiary/aromatic N) is 1. The standard InChI is InChI=1S/C13H18INO4S/c1-9-7-15(8-10(2)19-9)20(16,17)11-4-5-12(14)13(6-11)18-3/h4-6,9-10H,7-8H2,1-3H3/t9-,10-/m1/s1. The largest absolute Gasteiger partial charge is 0.496 e. The van der Waals surface area contributed by atoms with Crippen LogP contribution in [0.15, 0.2) is 23.1 Å². The summed E-state index contributed by atoms with van der Waals surface area (Å²) in [6.45, 7) is 4.52. The van der Waals surface area contributed by atoms with Crippen molar-refractivity contribution in [3.8, 4) is 5.75 Å². The molecule has 7 heteroatoms. The topological polar surface area (TPSA) is 55.8 Å². The number of hydrogen-bond donors (Lipinski definition) is 0. The Morgan fingerprint density at radius 3 is 2.45 bits per heavy atom. The number of sulfonamides is 1. The molecule has 0 aliphatic carbocycles. The van der Waals surface area contributed by atoms with Crippen molar-refractivity contribution in [1.29, 1.82) is 0 Å². The first-order chi connectivity index (χ1) is 9.34. The van der Waals surface area contributed by atoms with E-state index < -0.39 is 10.0 Å². The molecule has 1 heterocycles. The van der Waals surface area contributed by atoms with Gasteiger partial charge in [0.05, 0.1) is 27.8 Å². The number of benzene rings is 1. The predicted molar refractivity (Wildman–Crippen MR) is 84.5 cm³/mol. The van der Waals surface area contributed by atoms with Gasteiger partial charge in [0.1, 0.15) is 5.75 Å². The molecule has 5 nitrogen and oxygen atoms in total. The van der Waals surface area contributed by atoms with E-state index in [2.05, 4.69) is 22.6 Å². The van der Waals surface area contributed by atoms with Gasteiger partial charge in [-0.2, -0.15) is 4.31 Å². The van der Waals surface area contributed by atoms with Gasteiger partial charge in [0.15, 0.2) is 0 Å². The van der Waals surface area contributed by atoms with Gasteiger partial charge in [-0.3, -0.25) is 0 Å². The average Bonchev–Trinajstić information content (AvgIpc) is 2.37. The van der Waals surface area contributed by atoms with E-state index in [4.69, 9.17) is 9.47 Å². The van der Waals surface area contributed by atoms with Crippen molar-refractivity contribution < 1.29 is 17.9 Å². The highest BCUT2D eigenvalue weighted by Gasteiger charge is 2.32. The third-order valence-electron chi connectivity index (χ3n) is 3.15. The van der Waals surface area contributed by atoms with Gasteiger partial charge in [0, 0.05) is 19.2 Å². The van der Waals surface area contributed by atoms with Crippen LogP contribution in [0.4, 0.5) is 0 Å². The van der Waals surface area contributed by atoms with Crippen LogP contribution in [0, 0.1) is 3.57 Å². The molecule has 0 unspecified atom stereocenters. The van der Waals surface area contributed by atoms with Gasteiger partial charge in [-0.1, -0.05) is 0 Å². The normalized spacial score (nSPS) is 24.6. The number of rotatable bonds is 3. The summed E-state index contributed by atoms with van der Waals surface area (Å²) in [5.41, 5.74) is 0. The van der Waals surface area contributed by atoms with E-state index in [1.165, 1.54) is 11.4 Å². The number of hydrogen-bond acceptors (Lipinski definition) is 4. The molecule has 1 aromatic rings. The fraction of sp³-hybridized carbons (Fsp3) is 0.538. The first-order valence-electron chi connectivity index (χ1n) is 6.33. The van der Waals surface area contributed by atoms with Crippen molar-refractivity contribution in [2.75, 3.05) is 20.2 Å². The van der Waals surface area contributed by atoms with Gasteiger partial charge in [-0.05, 0) is 48.6 Å². The van der Waals surface area contributed by atoms with Gasteiger partial charge in [-0.25, -0.2) is 8.42 Å². The molecule has 20 heavy (non-hydrogen) atoms. The van der Waals surface area contributed by atoms with Crippen LogP contribution >= 0.6 is 22.6 Å². The molecular weight excluding hydrogens is 393 g/mol. The van der Waals surface area contributed by atoms with E-state index in [9.17, 15) is 8.42 Å². The monoisotopic (exact) mass is 411 g/mol. The van der Waals surface area contributed by atoms with E-state index in [1.54, 1.807) is 18.2 Å². The number of halogens is 1. The van der Waals surface area contributed by atoms with E-state index in [-0.39, 0.29) is 17.1 Å². The van der Waals surface area contributed by atoms with Crippen LogP contribution in [-0.4, -0.2) is 45.1 Å². The van der Waals surface area contributed by atoms with Crippen LogP contribution in [-0.2, 0) is 14.8 Å². The molecule has 0 N–H and O–H groups in total. The molecular formula is C13H18INO4S. The van der Waals surface area contributed by atoms with Crippen molar-refractivity contribution >= 4 is 32.6 Å².